The molecule has 0 aromatic heterocycles. The first-order valence-corrected chi connectivity index (χ1v) is 5.80. The highest BCUT2D eigenvalue weighted by Gasteiger charge is 2.15. The van der Waals surface area contributed by atoms with Crippen LogP contribution in [0.4, 0.5) is 0 Å². The molecule has 0 aliphatic heterocycles. The minimum atomic E-state index is -0.857. The lowest BCUT2D eigenvalue weighted by molar-refractivity contribution is -0.131. The Balaban J connectivity index is 2.31. The summed E-state index contributed by atoms with van der Waals surface area (Å²) < 4.78 is 0. The third kappa shape index (κ3) is 4.98. The van der Waals surface area contributed by atoms with Gasteiger partial charge in [0.25, 0.3) is 0 Å². The number of carboxylic acids is 1. The van der Waals surface area contributed by atoms with Crippen molar-refractivity contribution in [3.8, 4) is 0 Å². The van der Waals surface area contributed by atoms with Crippen molar-refractivity contribution in [2.45, 2.75) is 44.6 Å². The molecule has 3 heteroatoms. The van der Waals surface area contributed by atoms with Crippen molar-refractivity contribution in [2.24, 2.45) is 0 Å². The minimum Gasteiger partial charge on any atom is -0.478 e. The zero-order valence-corrected chi connectivity index (χ0v) is 9.48. The molecule has 86 valence electrons. The van der Waals surface area contributed by atoms with E-state index in [2.05, 4.69) is 11.9 Å². The Kier molecular flexibility index (Phi) is 5.40. The van der Waals surface area contributed by atoms with E-state index in [4.69, 9.17) is 5.11 Å². The fraction of sp³-hybridized carbons (Fsp3) is 0.750. The van der Waals surface area contributed by atoms with Gasteiger partial charge in [-0.3, -0.25) is 4.90 Å². The molecular weight excluding hydrogens is 190 g/mol. The van der Waals surface area contributed by atoms with Gasteiger partial charge in [0.2, 0.25) is 0 Å². The maximum absolute atomic E-state index is 10.3. The molecule has 0 amide bonds. The molecule has 1 aliphatic rings. The maximum Gasteiger partial charge on any atom is 0.328 e. The second-order valence-corrected chi connectivity index (χ2v) is 4.33. The Hall–Kier alpha value is -0.830. The van der Waals surface area contributed by atoms with E-state index in [1.807, 2.05) is 0 Å². The van der Waals surface area contributed by atoms with Gasteiger partial charge in [-0.25, -0.2) is 4.79 Å². The third-order valence-electron chi connectivity index (χ3n) is 3.10. The third-order valence-corrected chi connectivity index (χ3v) is 3.10. The van der Waals surface area contributed by atoms with E-state index in [-0.39, 0.29) is 0 Å². The van der Waals surface area contributed by atoms with Crippen LogP contribution in [0.15, 0.2) is 12.2 Å². The molecular formula is C12H21NO2. The Morgan fingerprint density at radius 2 is 1.93 bits per heavy atom. The van der Waals surface area contributed by atoms with Crippen LogP contribution in [0, 0.1) is 0 Å². The molecule has 15 heavy (non-hydrogen) atoms. The van der Waals surface area contributed by atoms with E-state index < -0.39 is 5.97 Å². The van der Waals surface area contributed by atoms with Crippen LogP contribution < -0.4 is 0 Å². The number of nitrogens with zero attached hydrogens (tertiary/aromatic N) is 1. The SMILES string of the molecule is CN(CC=CC(=O)O)C1CCCCCC1. The largest absolute Gasteiger partial charge is 0.478 e. The van der Waals surface area contributed by atoms with Crippen molar-refractivity contribution in [1.29, 1.82) is 0 Å². The second kappa shape index (κ2) is 6.62. The van der Waals surface area contributed by atoms with Gasteiger partial charge in [-0.1, -0.05) is 31.8 Å². The molecule has 0 aromatic rings. The van der Waals surface area contributed by atoms with Gasteiger partial charge in [-0.05, 0) is 19.9 Å². The van der Waals surface area contributed by atoms with Crippen LogP contribution in [0.1, 0.15) is 38.5 Å². The number of rotatable bonds is 4. The lowest BCUT2D eigenvalue weighted by Crippen LogP contribution is -2.31. The summed E-state index contributed by atoms with van der Waals surface area (Å²) in [6.07, 6.45) is 10.8. The lowest BCUT2D eigenvalue weighted by Gasteiger charge is -2.25. The van der Waals surface area contributed by atoms with Crippen molar-refractivity contribution in [3.63, 3.8) is 0 Å². The molecule has 0 heterocycles. The van der Waals surface area contributed by atoms with Crippen LogP contribution in [0.2, 0.25) is 0 Å². The van der Waals surface area contributed by atoms with Crippen LogP contribution in [0.5, 0.6) is 0 Å². The summed E-state index contributed by atoms with van der Waals surface area (Å²) in [6.45, 7) is 0.747. The summed E-state index contributed by atoms with van der Waals surface area (Å²) in [7, 11) is 2.09. The predicted octanol–water partition coefficient (Wildman–Crippen LogP) is 2.28. The van der Waals surface area contributed by atoms with Gasteiger partial charge in [-0.15, -0.1) is 0 Å². The first kappa shape index (κ1) is 12.2. The van der Waals surface area contributed by atoms with Gasteiger partial charge in [0.05, 0.1) is 0 Å². The van der Waals surface area contributed by atoms with Crippen molar-refractivity contribution in [1.82, 2.24) is 4.90 Å². The van der Waals surface area contributed by atoms with Crippen LogP contribution in [-0.4, -0.2) is 35.6 Å². The molecule has 0 saturated heterocycles. The molecule has 1 rings (SSSR count). The second-order valence-electron chi connectivity index (χ2n) is 4.33. The number of hydrogen-bond donors (Lipinski definition) is 1. The fourth-order valence-corrected chi connectivity index (χ4v) is 2.17. The van der Waals surface area contributed by atoms with Crippen molar-refractivity contribution in [3.05, 3.63) is 12.2 Å². The number of aliphatic carboxylic acids is 1. The summed E-state index contributed by atoms with van der Waals surface area (Å²) in [6, 6.07) is 0.644. The first-order chi connectivity index (χ1) is 7.20. The van der Waals surface area contributed by atoms with E-state index >= 15 is 0 Å². The van der Waals surface area contributed by atoms with Crippen LogP contribution >= 0.6 is 0 Å². The molecule has 0 bridgehead atoms. The highest BCUT2D eigenvalue weighted by Crippen LogP contribution is 2.20. The zero-order chi connectivity index (χ0) is 11.1. The highest BCUT2D eigenvalue weighted by atomic mass is 16.4. The van der Waals surface area contributed by atoms with E-state index in [0.29, 0.717) is 6.04 Å². The smallest absolute Gasteiger partial charge is 0.328 e. The number of likely N-dealkylation sites (N-methyl/N-ethyl adjacent to an activating group) is 1. The van der Waals surface area contributed by atoms with Gasteiger partial charge in [-0.2, -0.15) is 0 Å². The summed E-state index contributed by atoms with van der Waals surface area (Å²) in [5.74, 6) is -0.857. The van der Waals surface area contributed by atoms with E-state index in [9.17, 15) is 4.79 Å². The van der Waals surface area contributed by atoms with E-state index in [0.717, 1.165) is 6.54 Å². The predicted molar refractivity (Wildman–Crippen MR) is 60.9 cm³/mol. The molecule has 0 unspecified atom stereocenters. The van der Waals surface area contributed by atoms with E-state index in [1.54, 1.807) is 6.08 Å². The summed E-state index contributed by atoms with van der Waals surface area (Å²) >= 11 is 0. The normalized spacial score (nSPS) is 19.6. The maximum atomic E-state index is 10.3. The van der Waals surface area contributed by atoms with Crippen LogP contribution in [-0.2, 0) is 4.79 Å². The van der Waals surface area contributed by atoms with Crippen LogP contribution in [0.3, 0.4) is 0 Å². The summed E-state index contributed by atoms with van der Waals surface area (Å²) in [5.41, 5.74) is 0. The number of carbonyl (C=O) groups is 1. The number of carboxylic acid groups (broad SMARTS) is 1. The van der Waals surface area contributed by atoms with Gasteiger partial charge in [0.15, 0.2) is 0 Å². The fourth-order valence-electron chi connectivity index (χ4n) is 2.17. The van der Waals surface area contributed by atoms with Crippen molar-refractivity contribution < 1.29 is 9.90 Å². The molecule has 0 radical (unpaired) electrons. The summed E-state index contributed by atoms with van der Waals surface area (Å²) in [4.78, 5) is 12.6. The lowest BCUT2D eigenvalue weighted by atomic mass is 10.1. The average molecular weight is 211 g/mol. The highest BCUT2D eigenvalue weighted by molar-refractivity contribution is 5.79. The Morgan fingerprint density at radius 3 is 2.47 bits per heavy atom. The molecule has 1 N–H and O–H groups in total. The van der Waals surface area contributed by atoms with Gasteiger partial charge >= 0.3 is 5.97 Å². The van der Waals surface area contributed by atoms with Gasteiger partial charge < -0.3 is 5.11 Å². The topological polar surface area (TPSA) is 40.5 Å². The average Bonchev–Trinajstić information content (AvgIpc) is 2.44. The molecule has 3 nitrogen and oxygen atoms in total. The first-order valence-electron chi connectivity index (χ1n) is 5.80. The monoisotopic (exact) mass is 211 g/mol. The zero-order valence-electron chi connectivity index (χ0n) is 9.48. The van der Waals surface area contributed by atoms with Crippen molar-refractivity contribution >= 4 is 5.97 Å². The molecule has 1 fully saturated rings. The van der Waals surface area contributed by atoms with Gasteiger partial charge in [0.1, 0.15) is 0 Å². The Morgan fingerprint density at radius 1 is 1.33 bits per heavy atom. The molecule has 1 aliphatic carbocycles. The standard InChI is InChI=1S/C12H21NO2/c1-13(10-6-9-12(14)15)11-7-4-2-3-5-8-11/h6,9,11H,2-5,7-8,10H2,1H3,(H,14,15). The molecule has 0 aromatic carbocycles. The van der Waals surface area contributed by atoms with Crippen molar-refractivity contribution in [2.75, 3.05) is 13.6 Å². The Bertz CT molecular complexity index is 218. The van der Waals surface area contributed by atoms with E-state index in [1.165, 1.54) is 44.6 Å². The molecule has 0 atom stereocenters. The minimum absolute atomic E-state index is 0.644. The summed E-state index contributed by atoms with van der Waals surface area (Å²) in [5, 5.41) is 8.48. The number of hydrogen-bond acceptors (Lipinski definition) is 2. The van der Waals surface area contributed by atoms with Crippen LogP contribution in [0.25, 0.3) is 0 Å². The quantitative estimate of drug-likeness (QED) is 0.573. The van der Waals surface area contributed by atoms with Gasteiger partial charge in [0, 0.05) is 18.7 Å². The Labute approximate surface area is 91.8 Å². The molecule has 0 spiro atoms. The molecule has 1 saturated carbocycles.